The van der Waals surface area contributed by atoms with E-state index in [1.54, 1.807) is 30.3 Å². The lowest BCUT2D eigenvalue weighted by atomic mass is 9.95. The van der Waals surface area contributed by atoms with E-state index >= 15 is 0 Å². The molecule has 1 aromatic carbocycles. The van der Waals surface area contributed by atoms with Gasteiger partial charge in [0.1, 0.15) is 16.3 Å². The van der Waals surface area contributed by atoms with Crippen LogP contribution in [0.25, 0.3) is 0 Å². The highest BCUT2D eigenvalue weighted by atomic mass is 32.2. The maximum atomic E-state index is 11.4. The fraction of sp³-hybridized carbons (Fsp3) is 0. The average Bonchev–Trinajstić information content (AvgIpc) is 2.88. The zero-order valence-electron chi connectivity index (χ0n) is 11.1. The monoisotopic (exact) mass is 314 g/mol. The zero-order valence-corrected chi connectivity index (χ0v) is 11.9. The van der Waals surface area contributed by atoms with Crippen molar-refractivity contribution in [2.45, 2.75) is 0 Å². The number of rotatable bonds is 2. The summed E-state index contributed by atoms with van der Waals surface area (Å²) in [6.07, 6.45) is 2.96. The quantitative estimate of drug-likeness (QED) is 0.358. The van der Waals surface area contributed by atoms with Crippen LogP contribution in [-0.2, 0) is 10.3 Å². The van der Waals surface area contributed by atoms with E-state index in [4.69, 9.17) is 5.73 Å². The van der Waals surface area contributed by atoms with Crippen LogP contribution >= 0.6 is 0 Å². The van der Waals surface area contributed by atoms with Crippen LogP contribution in [0.3, 0.4) is 0 Å². The Labute approximate surface area is 127 Å². The van der Waals surface area contributed by atoms with Crippen LogP contribution in [0.5, 0.6) is 0 Å². The standard InChI is InChI=1S/C14H10N4O3S/c15-14-16-10-6-9(7-11(22(20)21)13(10)17-14)12(18-19)8-4-2-1-3-5-8/h1-7,19H,(H2,15,16). The van der Waals surface area contributed by atoms with Crippen molar-refractivity contribution in [3.63, 3.8) is 0 Å². The third-order valence-corrected chi connectivity index (χ3v) is 3.79. The summed E-state index contributed by atoms with van der Waals surface area (Å²) in [4.78, 5) is 7.84. The van der Waals surface area contributed by atoms with Gasteiger partial charge in [-0.1, -0.05) is 35.5 Å². The molecular formula is C14H10N4O3S. The summed E-state index contributed by atoms with van der Waals surface area (Å²) in [5.74, 6) is -0.0129. The first-order valence-electron chi connectivity index (χ1n) is 6.21. The Morgan fingerprint density at radius 3 is 2.50 bits per heavy atom. The average molecular weight is 314 g/mol. The summed E-state index contributed by atoms with van der Waals surface area (Å²) in [5.41, 5.74) is 7.32. The van der Waals surface area contributed by atoms with Gasteiger partial charge in [0.25, 0.3) is 0 Å². The van der Waals surface area contributed by atoms with E-state index in [2.05, 4.69) is 15.1 Å². The Morgan fingerprint density at radius 2 is 1.86 bits per heavy atom. The smallest absolute Gasteiger partial charge is 0.223 e. The number of nitrogens with two attached hydrogens (primary N) is 1. The molecule has 0 spiro atoms. The molecule has 3 N–H and O–H groups in total. The molecule has 0 fully saturated rings. The molecule has 1 aromatic rings. The van der Waals surface area contributed by atoms with E-state index in [1.165, 1.54) is 6.08 Å². The second kappa shape index (κ2) is 5.41. The highest BCUT2D eigenvalue weighted by Gasteiger charge is 2.26. The molecule has 0 unspecified atom stereocenters. The summed E-state index contributed by atoms with van der Waals surface area (Å²) < 4.78 is 22.8. The molecule has 0 amide bonds. The second-order valence-electron chi connectivity index (χ2n) is 4.47. The minimum Gasteiger partial charge on any atom is -0.410 e. The first-order valence-corrected chi connectivity index (χ1v) is 7.28. The Balaban J connectivity index is 2.18. The van der Waals surface area contributed by atoms with Crippen LogP contribution < -0.4 is 5.73 Å². The van der Waals surface area contributed by atoms with Crippen LogP contribution in [0.1, 0.15) is 5.56 Å². The van der Waals surface area contributed by atoms with Gasteiger partial charge in [-0.05, 0) is 12.2 Å². The van der Waals surface area contributed by atoms with Crippen molar-refractivity contribution >= 4 is 32.5 Å². The molecule has 2 aliphatic rings. The van der Waals surface area contributed by atoms with Gasteiger partial charge < -0.3 is 10.9 Å². The van der Waals surface area contributed by atoms with Crippen molar-refractivity contribution in [1.82, 2.24) is 0 Å². The number of hydrogen-bond donors (Lipinski definition) is 2. The number of guanidine groups is 1. The molecule has 3 rings (SSSR count). The highest BCUT2D eigenvalue weighted by Crippen LogP contribution is 2.22. The third-order valence-electron chi connectivity index (χ3n) is 3.12. The molecule has 1 aliphatic heterocycles. The molecule has 22 heavy (non-hydrogen) atoms. The number of allylic oxidation sites excluding steroid dienone is 4. The molecule has 0 bridgehead atoms. The third kappa shape index (κ3) is 2.35. The van der Waals surface area contributed by atoms with Gasteiger partial charge in [-0.3, -0.25) is 0 Å². The number of aliphatic imine (C=N–C) groups is 2. The predicted molar refractivity (Wildman–Crippen MR) is 83.9 cm³/mol. The fourth-order valence-corrected chi connectivity index (χ4v) is 2.73. The molecule has 0 saturated carbocycles. The van der Waals surface area contributed by atoms with Crippen LogP contribution in [0, 0.1) is 0 Å². The number of hydrogen-bond acceptors (Lipinski definition) is 7. The second-order valence-corrected chi connectivity index (χ2v) is 5.38. The van der Waals surface area contributed by atoms with Crippen LogP contribution in [0.2, 0.25) is 0 Å². The van der Waals surface area contributed by atoms with Gasteiger partial charge in [0, 0.05) is 11.1 Å². The van der Waals surface area contributed by atoms with Gasteiger partial charge in [-0.15, -0.1) is 0 Å². The van der Waals surface area contributed by atoms with Crippen molar-refractivity contribution in [3.05, 3.63) is 59.3 Å². The number of fused-ring (bicyclic) bond motifs is 1. The lowest BCUT2D eigenvalue weighted by Gasteiger charge is -2.12. The summed E-state index contributed by atoms with van der Waals surface area (Å²) >= 11 is 0. The van der Waals surface area contributed by atoms with Crippen molar-refractivity contribution in [2.75, 3.05) is 0 Å². The van der Waals surface area contributed by atoms with Crippen LogP contribution in [0.4, 0.5) is 0 Å². The van der Waals surface area contributed by atoms with Gasteiger partial charge >= 0.3 is 0 Å². The number of oxime groups is 1. The molecular weight excluding hydrogens is 304 g/mol. The molecule has 8 heteroatoms. The van der Waals surface area contributed by atoms with Crippen molar-refractivity contribution in [3.8, 4) is 0 Å². The lowest BCUT2D eigenvalue weighted by Crippen LogP contribution is -2.20. The maximum absolute atomic E-state index is 11.4. The molecule has 0 radical (unpaired) electrons. The lowest BCUT2D eigenvalue weighted by molar-refractivity contribution is 0.319. The highest BCUT2D eigenvalue weighted by molar-refractivity contribution is 7.75. The molecule has 1 heterocycles. The van der Waals surface area contributed by atoms with E-state index in [0.29, 0.717) is 16.8 Å². The molecule has 0 saturated heterocycles. The van der Waals surface area contributed by atoms with Crippen molar-refractivity contribution < 1.29 is 13.6 Å². The van der Waals surface area contributed by atoms with E-state index in [9.17, 15) is 13.6 Å². The molecule has 0 aromatic heterocycles. The Morgan fingerprint density at radius 1 is 1.14 bits per heavy atom. The van der Waals surface area contributed by atoms with E-state index in [-0.39, 0.29) is 22.2 Å². The van der Waals surface area contributed by atoms with E-state index in [1.807, 2.05) is 6.07 Å². The Hall–Kier alpha value is -3.00. The van der Waals surface area contributed by atoms with E-state index < -0.39 is 10.3 Å². The van der Waals surface area contributed by atoms with Gasteiger partial charge in [-0.25, -0.2) is 9.98 Å². The molecule has 1 aliphatic carbocycles. The van der Waals surface area contributed by atoms with E-state index in [0.717, 1.165) is 0 Å². The summed E-state index contributed by atoms with van der Waals surface area (Å²) in [7, 11) is -2.52. The summed E-state index contributed by atoms with van der Waals surface area (Å²) in [5, 5.41) is 12.6. The maximum Gasteiger partial charge on any atom is 0.223 e. The van der Waals surface area contributed by atoms with Crippen molar-refractivity contribution in [2.24, 2.45) is 20.9 Å². The molecule has 110 valence electrons. The number of nitrogens with zero attached hydrogens (tertiary/aromatic N) is 3. The molecule has 0 atom stereocenters. The van der Waals surface area contributed by atoms with Gasteiger partial charge in [-0.2, -0.15) is 8.42 Å². The van der Waals surface area contributed by atoms with Gasteiger partial charge in [0.2, 0.25) is 16.3 Å². The number of benzene rings is 1. The summed E-state index contributed by atoms with van der Waals surface area (Å²) in [6, 6.07) is 8.89. The fourth-order valence-electron chi connectivity index (χ4n) is 2.20. The Kier molecular flexibility index (Phi) is 3.43. The largest absolute Gasteiger partial charge is 0.410 e. The van der Waals surface area contributed by atoms with Gasteiger partial charge in [0.05, 0.1) is 5.70 Å². The normalized spacial score (nSPS) is 17.3. The first kappa shape index (κ1) is 14.0. The summed E-state index contributed by atoms with van der Waals surface area (Å²) in [6.45, 7) is 0. The first-order chi connectivity index (χ1) is 10.6. The molecule has 7 nitrogen and oxygen atoms in total. The van der Waals surface area contributed by atoms with Crippen LogP contribution in [-0.4, -0.2) is 35.9 Å². The van der Waals surface area contributed by atoms with Gasteiger partial charge in [0.15, 0.2) is 0 Å². The minimum absolute atomic E-state index is 0.0129. The minimum atomic E-state index is -2.52. The predicted octanol–water partition coefficient (Wildman–Crippen LogP) is 0.510. The van der Waals surface area contributed by atoms with Crippen LogP contribution in [0.15, 0.2) is 68.9 Å². The Bertz CT molecular complexity index is 928. The topological polar surface area (TPSA) is 117 Å². The van der Waals surface area contributed by atoms with Crippen molar-refractivity contribution in [1.29, 1.82) is 0 Å². The SMILES string of the molecule is NC1=NC2=CC(C(=NO)c3ccccc3)=CC(=S(=O)=O)C2=N1. The zero-order chi connectivity index (χ0) is 15.7.